The number of rotatable bonds is 8. The molecule has 0 unspecified atom stereocenters. The van der Waals surface area contributed by atoms with E-state index in [2.05, 4.69) is 22.3 Å². The van der Waals surface area contributed by atoms with Crippen LogP contribution in [0, 0.1) is 11.6 Å². The molecular weight excluding hydrogens is 462 g/mol. The van der Waals surface area contributed by atoms with Crippen molar-refractivity contribution in [2.75, 3.05) is 38.0 Å². The van der Waals surface area contributed by atoms with Crippen LogP contribution in [0.25, 0.3) is 0 Å². The SMILES string of the molecule is O=C(CCN(Cc1ccccc1)C(=O)Nc1ccc(F)cc1F)N1CCN(Cc2ccccc2)CC1. The molecule has 6 nitrogen and oxygen atoms in total. The van der Waals surface area contributed by atoms with Gasteiger partial charge in [-0.2, -0.15) is 0 Å². The summed E-state index contributed by atoms with van der Waals surface area (Å²) in [6.07, 6.45) is 0.158. The van der Waals surface area contributed by atoms with E-state index in [-0.39, 0.29) is 31.1 Å². The zero-order valence-corrected chi connectivity index (χ0v) is 20.1. The van der Waals surface area contributed by atoms with Gasteiger partial charge < -0.3 is 15.1 Å². The first-order valence-corrected chi connectivity index (χ1v) is 12.1. The Bertz CT molecular complexity index is 1150. The lowest BCUT2D eigenvalue weighted by Crippen LogP contribution is -2.49. The second-order valence-electron chi connectivity index (χ2n) is 8.85. The number of hydrogen-bond donors (Lipinski definition) is 1. The third-order valence-corrected chi connectivity index (χ3v) is 6.25. The van der Waals surface area contributed by atoms with Gasteiger partial charge in [-0.05, 0) is 23.3 Å². The molecule has 36 heavy (non-hydrogen) atoms. The highest BCUT2D eigenvalue weighted by molar-refractivity contribution is 5.89. The van der Waals surface area contributed by atoms with Gasteiger partial charge in [0.25, 0.3) is 0 Å². The van der Waals surface area contributed by atoms with Crippen molar-refractivity contribution < 1.29 is 18.4 Å². The normalized spacial score (nSPS) is 13.9. The molecule has 1 heterocycles. The van der Waals surface area contributed by atoms with E-state index in [9.17, 15) is 18.4 Å². The van der Waals surface area contributed by atoms with Crippen molar-refractivity contribution >= 4 is 17.6 Å². The maximum Gasteiger partial charge on any atom is 0.322 e. The zero-order chi connectivity index (χ0) is 25.3. The number of halogens is 2. The molecule has 0 bridgehead atoms. The van der Waals surface area contributed by atoms with E-state index >= 15 is 0 Å². The van der Waals surface area contributed by atoms with Gasteiger partial charge in [0.2, 0.25) is 5.91 Å². The molecule has 3 amide bonds. The monoisotopic (exact) mass is 492 g/mol. The van der Waals surface area contributed by atoms with Crippen molar-refractivity contribution in [2.24, 2.45) is 0 Å². The van der Waals surface area contributed by atoms with Crippen LogP contribution < -0.4 is 5.32 Å². The van der Waals surface area contributed by atoms with E-state index in [1.165, 1.54) is 16.5 Å². The fourth-order valence-electron chi connectivity index (χ4n) is 4.23. The van der Waals surface area contributed by atoms with Crippen LogP contribution in [0.3, 0.4) is 0 Å². The minimum atomic E-state index is -0.854. The number of carbonyl (C=O) groups excluding carboxylic acids is 2. The molecule has 0 aromatic heterocycles. The summed E-state index contributed by atoms with van der Waals surface area (Å²) in [5.74, 6) is -1.60. The van der Waals surface area contributed by atoms with Gasteiger partial charge in [-0.15, -0.1) is 0 Å². The van der Waals surface area contributed by atoms with Crippen molar-refractivity contribution in [3.05, 3.63) is 102 Å². The first kappa shape index (κ1) is 25.3. The lowest BCUT2D eigenvalue weighted by Gasteiger charge is -2.35. The molecular formula is C28H30F2N4O2. The Kier molecular flexibility index (Phi) is 8.62. The topological polar surface area (TPSA) is 55.9 Å². The van der Waals surface area contributed by atoms with Crippen molar-refractivity contribution in [3.63, 3.8) is 0 Å². The van der Waals surface area contributed by atoms with Crippen LogP contribution in [0.4, 0.5) is 19.3 Å². The van der Waals surface area contributed by atoms with Crippen molar-refractivity contribution in [1.82, 2.24) is 14.7 Å². The molecule has 0 spiro atoms. The fraction of sp³-hybridized carbons (Fsp3) is 0.286. The number of hydrogen-bond acceptors (Lipinski definition) is 3. The quantitative estimate of drug-likeness (QED) is 0.495. The summed E-state index contributed by atoms with van der Waals surface area (Å²) in [7, 11) is 0. The van der Waals surface area contributed by atoms with Crippen LogP contribution in [-0.4, -0.2) is 59.4 Å². The Balaban J connectivity index is 1.33. The maximum absolute atomic E-state index is 14.1. The molecule has 8 heteroatoms. The third kappa shape index (κ3) is 7.11. The molecule has 4 rings (SSSR count). The first-order chi connectivity index (χ1) is 17.5. The van der Waals surface area contributed by atoms with E-state index < -0.39 is 17.7 Å². The highest BCUT2D eigenvalue weighted by Crippen LogP contribution is 2.17. The predicted octanol–water partition coefficient (Wildman–Crippen LogP) is 4.73. The van der Waals surface area contributed by atoms with Gasteiger partial charge in [0.15, 0.2) is 0 Å². The molecule has 3 aromatic rings. The van der Waals surface area contributed by atoms with Crippen molar-refractivity contribution in [2.45, 2.75) is 19.5 Å². The van der Waals surface area contributed by atoms with Crippen LogP contribution in [0.15, 0.2) is 78.9 Å². The molecule has 1 aliphatic heterocycles. The standard InChI is InChI=1S/C28H30F2N4O2/c29-24-11-12-26(25(30)19-24)31-28(36)34(21-23-9-5-2-6-10-23)14-13-27(35)33-17-15-32(16-18-33)20-22-7-3-1-4-8-22/h1-12,19H,13-18,20-21H2,(H,31,36). The lowest BCUT2D eigenvalue weighted by atomic mass is 10.2. The number of anilines is 1. The lowest BCUT2D eigenvalue weighted by molar-refractivity contribution is -0.133. The smallest absolute Gasteiger partial charge is 0.322 e. The molecule has 1 aliphatic rings. The molecule has 1 N–H and O–H groups in total. The Morgan fingerprint density at radius 1 is 0.833 bits per heavy atom. The number of urea groups is 1. The van der Waals surface area contributed by atoms with Gasteiger partial charge in [0.1, 0.15) is 11.6 Å². The Hall–Kier alpha value is -3.78. The molecule has 188 valence electrons. The maximum atomic E-state index is 14.1. The predicted molar refractivity (Wildman–Crippen MR) is 135 cm³/mol. The van der Waals surface area contributed by atoms with Crippen LogP contribution in [0.5, 0.6) is 0 Å². The summed E-state index contributed by atoms with van der Waals surface area (Å²) < 4.78 is 27.3. The van der Waals surface area contributed by atoms with Gasteiger partial charge in [0, 0.05) is 58.3 Å². The van der Waals surface area contributed by atoms with Gasteiger partial charge in [0.05, 0.1) is 5.69 Å². The summed E-state index contributed by atoms with van der Waals surface area (Å²) in [5.41, 5.74) is 2.02. The number of benzene rings is 3. The van der Waals surface area contributed by atoms with E-state index in [0.717, 1.165) is 37.3 Å². The van der Waals surface area contributed by atoms with Gasteiger partial charge in [-0.25, -0.2) is 13.6 Å². The minimum absolute atomic E-state index is 0.0202. The molecule has 3 aromatic carbocycles. The zero-order valence-electron chi connectivity index (χ0n) is 20.1. The number of piperazine rings is 1. The van der Waals surface area contributed by atoms with E-state index in [0.29, 0.717) is 13.1 Å². The molecule has 1 saturated heterocycles. The molecule has 0 saturated carbocycles. The van der Waals surface area contributed by atoms with Gasteiger partial charge >= 0.3 is 6.03 Å². The summed E-state index contributed by atoms with van der Waals surface area (Å²) >= 11 is 0. The number of nitrogens with one attached hydrogen (secondary N) is 1. The second-order valence-corrected chi connectivity index (χ2v) is 8.85. The highest BCUT2D eigenvalue weighted by Gasteiger charge is 2.23. The number of amides is 3. The van der Waals surface area contributed by atoms with Crippen molar-refractivity contribution in [3.8, 4) is 0 Å². The molecule has 0 radical (unpaired) electrons. The second kappa shape index (κ2) is 12.3. The van der Waals surface area contributed by atoms with Crippen LogP contribution in [0.1, 0.15) is 17.5 Å². The average molecular weight is 493 g/mol. The summed E-state index contributed by atoms with van der Waals surface area (Å²) in [4.78, 5) is 31.6. The van der Waals surface area contributed by atoms with Crippen LogP contribution in [-0.2, 0) is 17.9 Å². The number of carbonyl (C=O) groups is 2. The number of nitrogens with zero attached hydrogens (tertiary/aromatic N) is 3. The van der Waals surface area contributed by atoms with Crippen molar-refractivity contribution in [1.29, 1.82) is 0 Å². The molecule has 0 atom stereocenters. The minimum Gasteiger partial charge on any atom is -0.340 e. The first-order valence-electron chi connectivity index (χ1n) is 12.1. The summed E-state index contributed by atoms with van der Waals surface area (Å²) in [5, 5.41) is 2.50. The van der Waals surface area contributed by atoms with Gasteiger partial charge in [-0.1, -0.05) is 60.7 Å². The molecule has 0 aliphatic carbocycles. The fourth-order valence-corrected chi connectivity index (χ4v) is 4.23. The summed E-state index contributed by atoms with van der Waals surface area (Å²) in [6, 6.07) is 22.1. The van der Waals surface area contributed by atoms with E-state index in [4.69, 9.17) is 0 Å². The molecule has 1 fully saturated rings. The summed E-state index contributed by atoms with van der Waals surface area (Å²) in [6.45, 7) is 4.14. The van der Waals surface area contributed by atoms with Crippen LogP contribution >= 0.6 is 0 Å². The average Bonchev–Trinajstić information content (AvgIpc) is 2.89. The van der Waals surface area contributed by atoms with E-state index in [1.807, 2.05) is 53.4 Å². The third-order valence-electron chi connectivity index (χ3n) is 6.25. The van der Waals surface area contributed by atoms with E-state index in [1.54, 1.807) is 0 Å². The highest BCUT2D eigenvalue weighted by atomic mass is 19.1. The Morgan fingerprint density at radius 2 is 1.47 bits per heavy atom. The largest absolute Gasteiger partial charge is 0.340 e. The Labute approximate surface area is 210 Å². The van der Waals surface area contributed by atoms with Gasteiger partial charge in [-0.3, -0.25) is 9.69 Å². The van der Waals surface area contributed by atoms with Crippen LogP contribution in [0.2, 0.25) is 0 Å². The Morgan fingerprint density at radius 3 is 2.11 bits per heavy atom.